The fourth-order valence-electron chi connectivity index (χ4n) is 8.67. The summed E-state index contributed by atoms with van der Waals surface area (Å²) in [6.07, 6.45) is 5.20. The minimum atomic E-state index is -0.562. The highest BCUT2D eigenvalue weighted by Crippen LogP contribution is 2.46. The normalized spacial score (nSPS) is 22.5. The Balaban J connectivity index is 1.07. The minimum absolute atomic E-state index is 0.0229. The molecule has 6 rings (SSSR count). The van der Waals surface area contributed by atoms with Crippen molar-refractivity contribution in [1.82, 2.24) is 14.7 Å². The second kappa shape index (κ2) is 17.6. The van der Waals surface area contributed by atoms with Gasteiger partial charge in [0.15, 0.2) is 11.6 Å². The monoisotopic (exact) mass is 806 g/mol. The first-order valence-corrected chi connectivity index (χ1v) is 21.5. The van der Waals surface area contributed by atoms with Gasteiger partial charge >= 0.3 is 12.2 Å². The number of benzene rings is 2. The smallest absolute Gasteiger partial charge is 0.410 e. The Labute approximate surface area is 345 Å². The second-order valence-corrected chi connectivity index (χ2v) is 19.8. The molecule has 1 aliphatic carbocycles. The second-order valence-electron chi connectivity index (χ2n) is 19.8. The summed E-state index contributed by atoms with van der Waals surface area (Å²) in [4.78, 5) is 46.8. The minimum Gasteiger partial charge on any atom is -0.488 e. The van der Waals surface area contributed by atoms with Gasteiger partial charge in [-0.25, -0.2) is 14.0 Å². The Morgan fingerprint density at radius 2 is 1.17 bits per heavy atom. The number of amides is 3. The molecule has 2 aromatic rings. The molecule has 4 aliphatic rings. The van der Waals surface area contributed by atoms with E-state index in [9.17, 15) is 14.4 Å². The first kappa shape index (κ1) is 43.4. The van der Waals surface area contributed by atoms with E-state index in [2.05, 4.69) is 31.7 Å². The van der Waals surface area contributed by atoms with E-state index in [1.165, 1.54) is 6.07 Å². The van der Waals surface area contributed by atoms with Crippen LogP contribution in [0, 0.1) is 17.2 Å². The van der Waals surface area contributed by atoms with Crippen LogP contribution in [-0.4, -0.2) is 109 Å². The van der Waals surface area contributed by atoms with Gasteiger partial charge in [0, 0.05) is 82.4 Å². The van der Waals surface area contributed by atoms with Gasteiger partial charge in [0.05, 0.1) is 6.54 Å². The molecule has 3 amide bonds. The number of ether oxygens (including phenoxy) is 4. The van der Waals surface area contributed by atoms with Crippen molar-refractivity contribution in [3.8, 4) is 11.5 Å². The summed E-state index contributed by atoms with van der Waals surface area (Å²) in [7, 11) is 0. The molecule has 0 aromatic heterocycles. The van der Waals surface area contributed by atoms with Crippen LogP contribution < -0.4 is 14.4 Å². The molecule has 4 fully saturated rings. The summed E-state index contributed by atoms with van der Waals surface area (Å²) in [5.41, 5.74) is 1.70. The van der Waals surface area contributed by atoms with Crippen molar-refractivity contribution in [2.24, 2.45) is 11.3 Å². The van der Waals surface area contributed by atoms with Crippen molar-refractivity contribution in [3.63, 3.8) is 0 Å². The van der Waals surface area contributed by atoms with E-state index in [0.717, 1.165) is 42.7 Å². The molecule has 3 heterocycles. The van der Waals surface area contributed by atoms with Gasteiger partial charge in [0.25, 0.3) is 5.91 Å². The standard InChI is InChI=1S/C46H67FN4O7/c1-44(2,3)33-13-10-31(11-14-33)37-28-32(12-17-39(37)56-36-20-23-51(30-36)43(54)58-46(7,8)9)41(52)49-21-18-35(19-22-49)55-40-29-34(15-16-38(40)47)48-24-26-50(27-25-48)42(53)57-45(4,5)6/h12,15-17,28-29,31,33,35-36H,10-11,13-14,18-27,30H2,1-9H3/t31?,33?,36-/m0/s1. The zero-order valence-electron chi connectivity index (χ0n) is 36.4. The molecule has 11 nitrogen and oxygen atoms in total. The molecule has 58 heavy (non-hydrogen) atoms. The third-order valence-corrected chi connectivity index (χ3v) is 12.0. The van der Waals surface area contributed by atoms with E-state index in [0.29, 0.717) is 83.1 Å². The van der Waals surface area contributed by atoms with E-state index in [1.54, 1.807) is 21.9 Å². The molecule has 0 unspecified atom stereocenters. The molecule has 320 valence electrons. The van der Waals surface area contributed by atoms with Crippen LogP contribution >= 0.6 is 0 Å². The third-order valence-electron chi connectivity index (χ3n) is 12.0. The van der Waals surface area contributed by atoms with Gasteiger partial charge in [-0.2, -0.15) is 0 Å². The zero-order valence-corrected chi connectivity index (χ0v) is 36.4. The Kier molecular flexibility index (Phi) is 13.1. The van der Waals surface area contributed by atoms with Crippen molar-refractivity contribution in [2.75, 3.05) is 57.3 Å². The number of piperazine rings is 1. The maximum atomic E-state index is 15.1. The number of rotatable bonds is 7. The van der Waals surface area contributed by atoms with Crippen LogP contribution in [0.5, 0.6) is 11.5 Å². The predicted molar refractivity (Wildman–Crippen MR) is 223 cm³/mol. The van der Waals surface area contributed by atoms with Crippen LogP contribution in [0.25, 0.3) is 0 Å². The van der Waals surface area contributed by atoms with Crippen molar-refractivity contribution in [3.05, 3.63) is 53.3 Å². The van der Waals surface area contributed by atoms with Crippen LogP contribution in [0.3, 0.4) is 0 Å². The highest BCUT2D eigenvalue weighted by Gasteiger charge is 2.35. The Bertz CT molecular complexity index is 1760. The molecule has 0 N–H and O–H groups in total. The largest absolute Gasteiger partial charge is 0.488 e. The SMILES string of the molecule is CC(C)(C)OC(=O)N1CCN(c2ccc(F)c(OC3CCN(C(=O)c4ccc(O[C@H]5CCN(C(=O)OC(C)(C)C)C5)c(C5CCC(C(C)(C)C)CC5)c4)CC3)c2)CC1. The molecular weight excluding hydrogens is 740 g/mol. The average molecular weight is 807 g/mol. The van der Waals surface area contributed by atoms with Gasteiger partial charge in [-0.1, -0.05) is 20.8 Å². The lowest BCUT2D eigenvalue weighted by Gasteiger charge is -2.37. The Hall–Kier alpha value is -4.22. The summed E-state index contributed by atoms with van der Waals surface area (Å²) in [6.45, 7) is 22.4. The van der Waals surface area contributed by atoms with Crippen LogP contribution in [0.15, 0.2) is 36.4 Å². The number of anilines is 1. The fourth-order valence-corrected chi connectivity index (χ4v) is 8.67. The van der Waals surface area contributed by atoms with Crippen LogP contribution in [0.2, 0.25) is 0 Å². The number of piperidine rings is 1. The molecule has 0 spiro atoms. The van der Waals surface area contributed by atoms with Gasteiger partial charge < -0.3 is 38.5 Å². The third kappa shape index (κ3) is 11.3. The summed E-state index contributed by atoms with van der Waals surface area (Å²) in [5, 5.41) is 0. The van der Waals surface area contributed by atoms with E-state index in [1.807, 2.05) is 58.6 Å². The van der Waals surface area contributed by atoms with Gasteiger partial charge in [-0.05, 0) is 120 Å². The number of hydrogen-bond donors (Lipinski definition) is 0. The average Bonchev–Trinajstić information content (AvgIpc) is 3.63. The zero-order chi connectivity index (χ0) is 42.0. The molecular formula is C46H67FN4O7. The summed E-state index contributed by atoms with van der Waals surface area (Å²) in [5.74, 6) is 1.49. The molecule has 1 atom stereocenters. The molecule has 0 bridgehead atoms. The molecule has 3 saturated heterocycles. The summed E-state index contributed by atoms with van der Waals surface area (Å²) < 4.78 is 39.1. The van der Waals surface area contributed by atoms with E-state index in [-0.39, 0.29) is 47.4 Å². The fraction of sp³-hybridized carbons (Fsp3) is 0.674. The maximum absolute atomic E-state index is 15.1. The first-order chi connectivity index (χ1) is 27.2. The Morgan fingerprint density at radius 3 is 1.78 bits per heavy atom. The molecule has 1 saturated carbocycles. The van der Waals surface area contributed by atoms with Gasteiger partial charge in [-0.15, -0.1) is 0 Å². The highest BCUT2D eigenvalue weighted by molar-refractivity contribution is 5.94. The molecule has 12 heteroatoms. The van der Waals surface area contributed by atoms with Crippen molar-refractivity contribution in [2.45, 2.75) is 137 Å². The molecule has 2 aromatic carbocycles. The lowest BCUT2D eigenvalue weighted by molar-refractivity contribution is 0.0237. The number of halogens is 1. The van der Waals surface area contributed by atoms with Crippen LogP contribution in [0.1, 0.15) is 129 Å². The predicted octanol–water partition coefficient (Wildman–Crippen LogP) is 9.27. The Morgan fingerprint density at radius 1 is 0.603 bits per heavy atom. The lowest BCUT2D eigenvalue weighted by atomic mass is 9.68. The number of hydrogen-bond acceptors (Lipinski definition) is 8. The van der Waals surface area contributed by atoms with Crippen molar-refractivity contribution >= 4 is 23.8 Å². The quantitative estimate of drug-likeness (QED) is 0.273. The van der Waals surface area contributed by atoms with Crippen molar-refractivity contribution < 1.29 is 37.7 Å². The van der Waals surface area contributed by atoms with Crippen LogP contribution in [-0.2, 0) is 9.47 Å². The lowest BCUT2D eigenvalue weighted by Crippen LogP contribution is -2.50. The number of nitrogens with zero attached hydrogens (tertiary/aromatic N) is 4. The number of likely N-dealkylation sites (tertiary alicyclic amines) is 2. The molecule has 0 radical (unpaired) electrons. The first-order valence-electron chi connectivity index (χ1n) is 21.5. The van der Waals surface area contributed by atoms with Crippen molar-refractivity contribution in [1.29, 1.82) is 0 Å². The van der Waals surface area contributed by atoms with Gasteiger partial charge in [0.1, 0.15) is 29.2 Å². The van der Waals surface area contributed by atoms with Gasteiger partial charge in [-0.3, -0.25) is 4.79 Å². The van der Waals surface area contributed by atoms with E-state index in [4.69, 9.17) is 18.9 Å². The topological polar surface area (TPSA) is 101 Å². The van der Waals surface area contributed by atoms with Gasteiger partial charge in [0.2, 0.25) is 0 Å². The summed E-state index contributed by atoms with van der Waals surface area (Å²) in [6, 6.07) is 10.8. The molecule has 3 aliphatic heterocycles. The summed E-state index contributed by atoms with van der Waals surface area (Å²) >= 11 is 0. The number of carbonyl (C=O) groups is 3. The van der Waals surface area contributed by atoms with E-state index >= 15 is 4.39 Å². The maximum Gasteiger partial charge on any atom is 0.410 e. The van der Waals surface area contributed by atoms with Crippen LogP contribution in [0.4, 0.5) is 19.7 Å². The highest BCUT2D eigenvalue weighted by atomic mass is 19.1. The number of carbonyl (C=O) groups excluding carboxylic acids is 3. The van der Waals surface area contributed by atoms with E-state index < -0.39 is 17.0 Å².